The highest BCUT2D eigenvalue weighted by atomic mass is 35.5. The van der Waals surface area contributed by atoms with Gasteiger partial charge in [-0.2, -0.15) is 4.53 Å². The van der Waals surface area contributed by atoms with E-state index in [-0.39, 0.29) is 5.69 Å². The molecule has 6 nitrogen and oxygen atoms in total. The van der Waals surface area contributed by atoms with E-state index in [0.29, 0.717) is 12.2 Å². The second-order valence-corrected chi connectivity index (χ2v) is 3.14. The van der Waals surface area contributed by atoms with Crippen molar-refractivity contribution in [1.82, 2.24) is 4.53 Å². The number of fused-ring (bicyclic) bond motifs is 1. The predicted octanol–water partition coefficient (Wildman–Crippen LogP) is 2.56. The molecule has 72 valence electrons. The summed E-state index contributed by atoms with van der Waals surface area (Å²) in [5, 5.41) is 17.8. The van der Waals surface area contributed by atoms with Gasteiger partial charge in [0.05, 0.1) is 17.2 Å². The summed E-state index contributed by atoms with van der Waals surface area (Å²) < 4.78 is 1.15. The Balaban J connectivity index is 2.44. The first-order valence-corrected chi connectivity index (χ1v) is 4.13. The number of nitro benzene ring substituents is 1. The molecule has 0 atom stereocenters. The molecule has 0 aliphatic carbocycles. The molecule has 1 aromatic rings. The van der Waals surface area contributed by atoms with Crippen LogP contribution in [0, 0.1) is 10.1 Å². The van der Waals surface area contributed by atoms with E-state index < -0.39 is 4.92 Å². The van der Waals surface area contributed by atoms with Gasteiger partial charge in [-0.3, -0.25) is 10.1 Å². The van der Waals surface area contributed by atoms with Gasteiger partial charge in [-0.1, -0.05) is 5.22 Å². The van der Waals surface area contributed by atoms with Crippen molar-refractivity contribution in [3.8, 4) is 0 Å². The molecule has 1 aliphatic heterocycles. The van der Waals surface area contributed by atoms with E-state index in [4.69, 9.17) is 11.8 Å². The number of nitrogens with zero attached hydrogens (tertiary/aromatic N) is 4. The van der Waals surface area contributed by atoms with Crippen molar-refractivity contribution in [2.45, 2.75) is 6.54 Å². The normalized spacial score (nSPS) is 13.9. The Bertz CT molecular complexity index is 420. The van der Waals surface area contributed by atoms with Crippen LogP contribution >= 0.6 is 11.8 Å². The SMILES string of the molecule is O=[N+]([O-])c1ccc2c(c1)N=NN(Cl)C2. The summed E-state index contributed by atoms with van der Waals surface area (Å²) in [6.45, 7) is 0.401. The zero-order chi connectivity index (χ0) is 10.1. The number of halogens is 1. The number of non-ortho nitro benzene ring substituents is 1. The lowest BCUT2D eigenvalue weighted by Crippen LogP contribution is -2.06. The third-order valence-corrected chi connectivity index (χ3v) is 2.02. The molecule has 0 bridgehead atoms. The van der Waals surface area contributed by atoms with E-state index >= 15 is 0 Å². The third kappa shape index (κ3) is 1.51. The van der Waals surface area contributed by atoms with Crippen LogP contribution in [-0.2, 0) is 6.54 Å². The quantitative estimate of drug-likeness (QED) is 0.408. The van der Waals surface area contributed by atoms with Crippen LogP contribution in [-0.4, -0.2) is 9.45 Å². The fourth-order valence-corrected chi connectivity index (χ4v) is 1.32. The molecule has 7 heteroatoms. The minimum Gasteiger partial charge on any atom is -0.258 e. The predicted molar refractivity (Wildman–Crippen MR) is 49.0 cm³/mol. The number of hydrogen-bond acceptors (Lipinski definition) is 5. The van der Waals surface area contributed by atoms with Gasteiger partial charge in [-0.15, -0.1) is 5.11 Å². The smallest absolute Gasteiger partial charge is 0.258 e. The van der Waals surface area contributed by atoms with E-state index in [1.165, 1.54) is 12.1 Å². The van der Waals surface area contributed by atoms with Crippen LogP contribution in [0.5, 0.6) is 0 Å². The van der Waals surface area contributed by atoms with Crippen LogP contribution in [0.25, 0.3) is 0 Å². The molecule has 0 saturated heterocycles. The lowest BCUT2D eigenvalue weighted by Gasteiger charge is -2.14. The Kier molecular flexibility index (Phi) is 2.05. The Morgan fingerprint density at radius 2 is 2.36 bits per heavy atom. The maximum Gasteiger partial charge on any atom is 0.271 e. The van der Waals surface area contributed by atoms with Gasteiger partial charge in [0.2, 0.25) is 0 Å². The van der Waals surface area contributed by atoms with Crippen LogP contribution < -0.4 is 0 Å². The zero-order valence-electron chi connectivity index (χ0n) is 6.92. The van der Waals surface area contributed by atoms with Gasteiger partial charge >= 0.3 is 0 Å². The van der Waals surface area contributed by atoms with Crippen molar-refractivity contribution in [3.05, 3.63) is 33.9 Å². The van der Waals surface area contributed by atoms with E-state index in [0.717, 1.165) is 10.1 Å². The topological polar surface area (TPSA) is 71.1 Å². The maximum atomic E-state index is 10.4. The Morgan fingerprint density at radius 3 is 3.07 bits per heavy atom. The maximum absolute atomic E-state index is 10.4. The van der Waals surface area contributed by atoms with Gasteiger partial charge in [0.15, 0.2) is 0 Å². The summed E-state index contributed by atoms with van der Waals surface area (Å²) in [4.78, 5) is 9.98. The molecule has 1 aromatic carbocycles. The zero-order valence-corrected chi connectivity index (χ0v) is 7.68. The molecule has 0 unspecified atom stereocenters. The molecule has 1 aliphatic rings. The second-order valence-electron chi connectivity index (χ2n) is 2.75. The first kappa shape index (κ1) is 8.89. The summed E-state index contributed by atoms with van der Waals surface area (Å²) in [6, 6.07) is 4.42. The molecule has 0 radical (unpaired) electrons. The highest BCUT2D eigenvalue weighted by molar-refractivity contribution is 6.13. The van der Waals surface area contributed by atoms with Crippen LogP contribution in [0.2, 0.25) is 0 Å². The molecule has 0 amide bonds. The average molecular weight is 213 g/mol. The van der Waals surface area contributed by atoms with E-state index in [9.17, 15) is 10.1 Å². The minimum absolute atomic E-state index is 0.00530. The minimum atomic E-state index is -0.469. The van der Waals surface area contributed by atoms with Crippen LogP contribution in [0.1, 0.15) is 5.56 Å². The third-order valence-electron chi connectivity index (χ3n) is 1.83. The van der Waals surface area contributed by atoms with Gasteiger partial charge in [0.1, 0.15) is 0 Å². The molecule has 0 N–H and O–H groups in total. The van der Waals surface area contributed by atoms with E-state index in [1.54, 1.807) is 6.07 Å². The molecule has 0 spiro atoms. The number of rotatable bonds is 1. The van der Waals surface area contributed by atoms with Gasteiger partial charge in [0, 0.05) is 29.5 Å². The molecular formula is C7H5ClN4O2. The second kappa shape index (κ2) is 3.22. The lowest BCUT2D eigenvalue weighted by molar-refractivity contribution is -0.384. The highest BCUT2D eigenvalue weighted by Crippen LogP contribution is 2.30. The summed E-state index contributed by atoms with van der Waals surface area (Å²) in [5.41, 5.74) is 1.32. The van der Waals surface area contributed by atoms with E-state index in [1.807, 2.05) is 0 Å². The van der Waals surface area contributed by atoms with Gasteiger partial charge in [-0.05, 0) is 6.07 Å². The van der Waals surface area contributed by atoms with Crippen molar-refractivity contribution in [1.29, 1.82) is 0 Å². The Labute approximate surface area is 84.0 Å². The number of nitro groups is 1. The monoisotopic (exact) mass is 212 g/mol. The van der Waals surface area contributed by atoms with Gasteiger partial charge in [0.25, 0.3) is 5.69 Å². The molecular weight excluding hydrogens is 208 g/mol. The first-order chi connectivity index (χ1) is 6.66. The summed E-state index contributed by atoms with van der Waals surface area (Å²) in [7, 11) is 0. The average Bonchev–Trinajstić information content (AvgIpc) is 2.16. The van der Waals surface area contributed by atoms with Gasteiger partial charge in [-0.25, -0.2) is 0 Å². The van der Waals surface area contributed by atoms with Crippen LogP contribution in [0.15, 0.2) is 28.5 Å². The summed E-state index contributed by atoms with van der Waals surface area (Å²) >= 11 is 5.59. The highest BCUT2D eigenvalue weighted by Gasteiger charge is 2.15. The summed E-state index contributed by atoms with van der Waals surface area (Å²) in [5.74, 6) is 0. The van der Waals surface area contributed by atoms with Crippen molar-refractivity contribution >= 4 is 23.2 Å². The molecule has 1 heterocycles. The van der Waals surface area contributed by atoms with Crippen molar-refractivity contribution in [3.63, 3.8) is 0 Å². The Hall–Kier alpha value is -1.69. The molecule has 0 saturated carbocycles. The molecule has 2 rings (SSSR count). The summed E-state index contributed by atoms with van der Waals surface area (Å²) in [6.07, 6.45) is 0. The van der Waals surface area contributed by atoms with Crippen molar-refractivity contribution in [2.75, 3.05) is 0 Å². The molecule has 14 heavy (non-hydrogen) atoms. The fourth-order valence-electron chi connectivity index (χ4n) is 1.16. The lowest BCUT2D eigenvalue weighted by atomic mass is 10.1. The largest absolute Gasteiger partial charge is 0.271 e. The van der Waals surface area contributed by atoms with Crippen molar-refractivity contribution in [2.24, 2.45) is 10.3 Å². The molecule has 0 fully saturated rings. The standard InChI is InChI=1S/C7H5ClN4O2/c8-11-4-5-1-2-6(12(13)14)3-7(5)9-10-11/h1-3H,4H2. The molecule has 0 aromatic heterocycles. The fraction of sp³-hybridized carbons (Fsp3) is 0.143. The van der Waals surface area contributed by atoms with Gasteiger partial charge < -0.3 is 0 Å². The number of benzene rings is 1. The van der Waals surface area contributed by atoms with E-state index in [2.05, 4.69) is 10.3 Å². The Morgan fingerprint density at radius 1 is 1.57 bits per heavy atom. The van der Waals surface area contributed by atoms with Crippen LogP contribution in [0.4, 0.5) is 11.4 Å². The van der Waals surface area contributed by atoms with Crippen LogP contribution in [0.3, 0.4) is 0 Å². The number of hydrogen-bond donors (Lipinski definition) is 0. The first-order valence-electron chi connectivity index (χ1n) is 3.79. The van der Waals surface area contributed by atoms with Crippen molar-refractivity contribution < 1.29 is 4.92 Å².